The van der Waals surface area contributed by atoms with Crippen LogP contribution in [-0.4, -0.2) is 6.26 Å². The van der Waals surface area contributed by atoms with Gasteiger partial charge in [0.1, 0.15) is 4.88 Å². The second-order valence-corrected chi connectivity index (χ2v) is 8.38. The number of halogens is 1. The van der Waals surface area contributed by atoms with Crippen LogP contribution in [0.15, 0.2) is 63.3 Å². The Hall–Kier alpha value is -0.680. The zero-order valence-electron chi connectivity index (χ0n) is 10.8. The van der Waals surface area contributed by atoms with Gasteiger partial charge in [-0.1, -0.05) is 70.2 Å². The first-order chi connectivity index (χ1) is 9.79. The number of hydrogen-bond donors (Lipinski definition) is 0. The van der Waals surface area contributed by atoms with E-state index in [1.54, 1.807) is 0 Å². The first kappa shape index (κ1) is 14.3. The summed E-state index contributed by atoms with van der Waals surface area (Å²) in [6.07, 6.45) is 2.15. The zero-order valence-corrected chi connectivity index (χ0v) is 14.8. The largest absolute Gasteiger partial charge is 0.308 e. The van der Waals surface area contributed by atoms with Crippen molar-refractivity contribution in [3.8, 4) is 21.6 Å². The van der Waals surface area contributed by atoms with Crippen molar-refractivity contribution in [3.63, 3.8) is 0 Å². The van der Waals surface area contributed by atoms with Gasteiger partial charge in [-0.05, 0) is 29.5 Å². The van der Waals surface area contributed by atoms with E-state index in [0.717, 1.165) is 4.47 Å². The Morgan fingerprint density at radius 2 is 1.65 bits per heavy atom. The summed E-state index contributed by atoms with van der Waals surface area (Å²) < 4.78 is 2.51. The monoisotopic (exact) mass is 379 g/mol. The molecule has 3 aromatic rings. The second kappa shape index (κ2) is 6.39. The third kappa shape index (κ3) is 2.84. The van der Waals surface area contributed by atoms with Crippen LogP contribution in [0.4, 0.5) is 0 Å². The van der Waals surface area contributed by atoms with E-state index in [1.807, 2.05) is 32.4 Å². The maximum Gasteiger partial charge on any atom is 0.308 e. The molecule has 0 saturated carbocycles. The minimum Gasteiger partial charge on any atom is -0.0659 e. The molecule has 0 radical (unpaired) electrons. The molecule has 4 heteroatoms. The molecule has 0 aliphatic heterocycles. The molecule has 0 aliphatic carbocycles. The van der Waals surface area contributed by atoms with E-state index in [9.17, 15) is 0 Å². The van der Waals surface area contributed by atoms with E-state index in [-0.39, 0.29) is 0 Å². The summed E-state index contributed by atoms with van der Waals surface area (Å²) in [5.41, 5.74) is 3.95. The summed E-state index contributed by atoms with van der Waals surface area (Å²) >= 11 is 5.33. The second-order valence-electron chi connectivity index (χ2n) is 4.24. The van der Waals surface area contributed by atoms with Gasteiger partial charge in [0.05, 0.1) is 5.56 Å². The van der Waals surface area contributed by atoms with E-state index in [4.69, 9.17) is 0 Å². The van der Waals surface area contributed by atoms with Crippen LogP contribution in [0.5, 0.6) is 0 Å². The van der Waals surface area contributed by atoms with E-state index in [1.165, 1.54) is 25.8 Å². The highest BCUT2D eigenvalue weighted by atomic mass is 79.9. The van der Waals surface area contributed by atoms with Crippen molar-refractivity contribution in [2.45, 2.75) is 4.21 Å². The maximum absolute atomic E-state index is 3.50. The summed E-state index contributed by atoms with van der Waals surface area (Å²) in [5.74, 6) is 0. The fraction of sp³-hybridized carbons (Fsp3) is 0.0625. The molecule has 0 nitrogen and oxygen atoms in total. The van der Waals surface area contributed by atoms with Crippen molar-refractivity contribution in [2.24, 2.45) is 0 Å². The topological polar surface area (TPSA) is 0 Å². The van der Waals surface area contributed by atoms with Crippen molar-refractivity contribution in [3.05, 3.63) is 59.1 Å². The van der Waals surface area contributed by atoms with Gasteiger partial charge in [0.15, 0.2) is 10.3 Å². The molecule has 1 heterocycles. The summed E-state index contributed by atoms with van der Waals surface area (Å²) in [7, 11) is 3.72. The molecule has 2 aromatic carbocycles. The van der Waals surface area contributed by atoms with Crippen LogP contribution in [0.25, 0.3) is 21.6 Å². The third-order valence-electron chi connectivity index (χ3n) is 2.99. The predicted molar refractivity (Wildman–Crippen MR) is 97.0 cm³/mol. The molecule has 0 spiro atoms. The van der Waals surface area contributed by atoms with Gasteiger partial charge in [0.25, 0.3) is 4.21 Å². The van der Waals surface area contributed by atoms with Crippen LogP contribution in [-0.2, 0) is 0 Å². The van der Waals surface area contributed by atoms with E-state index in [2.05, 4.69) is 76.8 Å². The lowest BCUT2D eigenvalue weighted by molar-refractivity contribution is 1.59. The van der Waals surface area contributed by atoms with Crippen molar-refractivity contribution < 1.29 is 0 Å². The Morgan fingerprint density at radius 3 is 2.30 bits per heavy atom. The van der Waals surface area contributed by atoms with Crippen LogP contribution in [0.1, 0.15) is 0 Å². The van der Waals surface area contributed by atoms with Gasteiger partial charge < -0.3 is 0 Å². The lowest BCUT2D eigenvalue weighted by Gasteiger charge is -2.02. The molecule has 0 amide bonds. The quantitative estimate of drug-likeness (QED) is 0.270. The van der Waals surface area contributed by atoms with Gasteiger partial charge in [0.2, 0.25) is 0 Å². The minimum atomic E-state index is 1.12. The number of thioether (sulfide) groups is 1. The number of rotatable bonds is 3. The van der Waals surface area contributed by atoms with Gasteiger partial charge in [-0.25, -0.2) is 0 Å². The maximum atomic E-state index is 3.50. The highest BCUT2D eigenvalue weighted by Gasteiger charge is 2.25. The smallest absolute Gasteiger partial charge is 0.0659 e. The summed E-state index contributed by atoms with van der Waals surface area (Å²) in [6, 6.07) is 19.2. The molecule has 3 rings (SSSR count). The highest BCUT2D eigenvalue weighted by Crippen LogP contribution is 2.47. The standard InChI is InChI=1S/C16H12BrS3/c1-18-16-14(11-5-3-2-4-6-11)15(19-20-16)12-7-9-13(17)10-8-12/h2-10H,1H3/q+1. The zero-order chi connectivity index (χ0) is 13.9. The molecule has 0 fully saturated rings. The average Bonchev–Trinajstić information content (AvgIpc) is 2.93. The Morgan fingerprint density at radius 1 is 0.950 bits per heavy atom. The predicted octanol–water partition coefficient (Wildman–Crippen LogP) is 6.91. The Labute approximate surface area is 139 Å². The summed E-state index contributed by atoms with van der Waals surface area (Å²) in [5, 5.41) is 0. The SMILES string of the molecule is CSc1[s+]sc(-c2ccc(Br)cc2)c1-c1ccccc1. The van der Waals surface area contributed by atoms with Gasteiger partial charge >= 0.3 is 10.3 Å². The molecular formula is C16H12BrS3+. The van der Waals surface area contributed by atoms with Gasteiger partial charge in [-0.15, -0.1) is 0 Å². The number of hydrogen-bond acceptors (Lipinski definition) is 2. The molecule has 0 atom stereocenters. The first-order valence-electron chi connectivity index (χ1n) is 6.11. The van der Waals surface area contributed by atoms with E-state index in [0.29, 0.717) is 0 Å². The molecular weight excluding hydrogens is 368 g/mol. The van der Waals surface area contributed by atoms with Gasteiger partial charge in [0, 0.05) is 4.47 Å². The normalized spacial score (nSPS) is 10.7. The average molecular weight is 380 g/mol. The fourth-order valence-corrected chi connectivity index (χ4v) is 6.31. The molecule has 0 unspecified atom stereocenters. The molecule has 0 saturated heterocycles. The third-order valence-corrected chi connectivity index (χ3v) is 7.45. The molecule has 0 bridgehead atoms. The van der Waals surface area contributed by atoms with Crippen LogP contribution in [0.3, 0.4) is 0 Å². The highest BCUT2D eigenvalue weighted by molar-refractivity contribution is 9.10. The van der Waals surface area contributed by atoms with Crippen LogP contribution < -0.4 is 0 Å². The molecule has 0 N–H and O–H groups in total. The van der Waals surface area contributed by atoms with Crippen molar-refractivity contribution in [1.29, 1.82) is 0 Å². The van der Waals surface area contributed by atoms with E-state index < -0.39 is 0 Å². The van der Waals surface area contributed by atoms with E-state index >= 15 is 0 Å². The first-order valence-corrected chi connectivity index (χ1v) is 10.3. The molecule has 1 aromatic heterocycles. The summed E-state index contributed by atoms with van der Waals surface area (Å²) in [4.78, 5) is 1.36. The van der Waals surface area contributed by atoms with Crippen LogP contribution in [0.2, 0.25) is 0 Å². The van der Waals surface area contributed by atoms with Crippen molar-refractivity contribution in [2.75, 3.05) is 6.26 Å². The van der Waals surface area contributed by atoms with Gasteiger partial charge in [-0.3, -0.25) is 0 Å². The molecule has 100 valence electrons. The Bertz CT molecular complexity index is 702. The van der Waals surface area contributed by atoms with Crippen molar-refractivity contribution >= 4 is 48.4 Å². The Kier molecular flexibility index (Phi) is 4.56. The van der Waals surface area contributed by atoms with Crippen molar-refractivity contribution in [1.82, 2.24) is 0 Å². The minimum absolute atomic E-state index is 1.12. The van der Waals surface area contributed by atoms with Crippen LogP contribution >= 0.6 is 48.4 Å². The van der Waals surface area contributed by atoms with Gasteiger partial charge in [-0.2, -0.15) is 0 Å². The lowest BCUT2D eigenvalue weighted by Crippen LogP contribution is -1.81. The summed E-state index contributed by atoms with van der Waals surface area (Å²) in [6.45, 7) is 0. The lowest BCUT2D eigenvalue weighted by atomic mass is 10.0. The van der Waals surface area contributed by atoms with Crippen LogP contribution in [0, 0.1) is 0 Å². The Balaban J connectivity index is 2.17. The number of benzene rings is 2. The fourth-order valence-electron chi connectivity index (χ4n) is 2.04. The molecule has 20 heavy (non-hydrogen) atoms. The molecule has 0 aliphatic rings.